The monoisotopic (exact) mass is 309 g/mol. The second-order valence-electron chi connectivity index (χ2n) is 6.14. The van der Waals surface area contributed by atoms with Crippen LogP contribution in [0.15, 0.2) is 24.3 Å². The average Bonchev–Trinajstić information content (AvgIpc) is 2.49. The molecule has 1 aromatic rings. The fraction of sp³-hybridized carbons (Fsp3) is 0.600. The Balaban J connectivity index is 1.98. The number of para-hydroxylation sites is 2. The molecule has 3 rings (SSSR count). The zero-order valence-corrected chi connectivity index (χ0v) is 13.3. The quantitative estimate of drug-likeness (QED) is 0.877. The highest BCUT2D eigenvalue weighted by Crippen LogP contribution is 2.40. The number of hydrogen-bond donors (Lipinski definition) is 1. The van der Waals surface area contributed by atoms with E-state index in [1.54, 1.807) is 0 Å². The van der Waals surface area contributed by atoms with Gasteiger partial charge in [-0.15, -0.1) is 0 Å². The van der Waals surface area contributed by atoms with E-state index in [9.17, 15) is 8.42 Å². The van der Waals surface area contributed by atoms with E-state index >= 15 is 0 Å². The minimum atomic E-state index is -2.88. The van der Waals surface area contributed by atoms with E-state index < -0.39 is 9.84 Å². The first-order valence-corrected chi connectivity index (χ1v) is 9.28. The third-order valence-corrected chi connectivity index (χ3v) is 6.60. The minimum absolute atomic E-state index is 0.220. The average molecular weight is 309 g/mol. The molecule has 116 valence electrons. The van der Waals surface area contributed by atoms with Crippen LogP contribution in [0.3, 0.4) is 0 Å². The van der Waals surface area contributed by atoms with Crippen LogP contribution in [0.25, 0.3) is 0 Å². The summed E-state index contributed by atoms with van der Waals surface area (Å²) >= 11 is 0. The molecule has 0 spiro atoms. The molecule has 0 bridgehead atoms. The van der Waals surface area contributed by atoms with Gasteiger partial charge in [0.05, 0.1) is 28.4 Å². The van der Waals surface area contributed by atoms with Crippen molar-refractivity contribution in [3.05, 3.63) is 24.3 Å². The third kappa shape index (κ3) is 2.51. The summed E-state index contributed by atoms with van der Waals surface area (Å²) in [6, 6.07) is 8.31. The lowest BCUT2D eigenvalue weighted by Crippen LogP contribution is -2.61. The highest BCUT2D eigenvalue weighted by atomic mass is 32.2. The number of nitrogens with two attached hydrogens (primary N) is 1. The first kappa shape index (κ1) is 14.7. The maximum absolute atomic E-state index is 11.8. The van der Waals surface area contributed by atoms with Crippen LogP contribution in [0.4, 0.5) is 11.4 Å². The van der Waals surface area contributed by atoms with Gasteiger partial charge in [-0.05, 0) is 25.0 Å². The molecule has 1 saturated heterocycles. The summed E-state index contributed by atoms with van der Waals surface area (Å²) < 4.78 is 23.5. The van der Waals surface area contributed by atoms with Gasteiger partial charge in [-0.25, -0.2) is 8.42 Å². The normalized spacial score (nSPS) is 23.7. The van der Waals surface area contributed by atoms with Crippen molar-refractivity contribution in [3.63, 3.8) is 0 Å². The van der Waals surface area contributed by atoms with Crippen molar-refractivity contribution in [1.29, 1.82) is 0 Å². The van der Waals surface area contributed by atoms with E-state index in [2.05, 4.69) is 29.0 Å². The molecule has 1 fully saturated rings. The van der Waals surface area contributed by atoms with Gasteiger partial charge in [-0.1, -0.05) is 12.1 Å². The third-order valence-electron chi connectivity index (χ3n) is 4.95. The van der Waals surface area contributed by atoms with E-state index in [0.717, 1.165) is 13.1 Å². The van der Waals surface area contributed by atoms with E-state index in [-0.39, 0.29) is 17.0 Å². The maximum Gasteiger partial charge on any atom is 0.150 e. The SMILES string of the molecule is CN1CCN(C2(CN)CCS(=O)(=O)CC2)c2ccccc21. The van der Waals surface area contributed by atoms with Crippen molar-refractivity contribution in [1.82, 2.24) is 0 Å². The molecule has 0 aromatic heterocycles. The summed E-state index contributed by atoms with van der Waals surface area (Å²) in [7, 11) is -0.789. The van der Waals surface area contributed by atoms with E-state index in [0.29, 0.717) is 19.4 Å². The van der Waals surface area contributed by atoms with Crippen LogP contribution in [0.1, 0.15) is 12.8 Å². The van der Waals surface area contributed by atoms with Gasteiger partial charge in [0.2, 0.25) is 0 Å². The Morgan fingerprint density at radius 3 is 2.38 bits per heavy atom. The Labute approximate surface area is 126 Å². The van der Waals surface area contributed by atoms with Crippen LogP contribution in [-0.2, 0) is 9.84 Å². The number of benzene rings is 1. The first-order valence-electron chi connectivity index (χ1n) is 7.46. The molecule has 2 aliphatic rings. The highest BCUT2D eigenvalue weighted by molar-refractivity contribution is 7.91. The molecule has 0 unspecified atom stereocenters. The summed E-state index contributed by atoms with van der Waals surface area (Å²) in [6.07, 6.45) is 1.26. The number of sulfone groups is 1. The van der Waals surface area contributed by atoms with Crippen molar-refractivity contribution < 1.29 is 8.42 Å². The minimum Gasteiger partial charge on any atom is -0.371 e. The molecule has 21 heavy (non-hydrogen) atoms. The van der Waals surface area contributed by atoms with Gasteiger partial charge in [0.1, 0.15) is 0 Å². The van der Waals surface area contributed by atoms with E-state index in [1.165, 1.54) is 11.4 Å². The molecule has 2 heterocycles. The number of fused-ring (bicyclic) bond motifs is 1. The number of likely N-dealkylation sites (N-methyl/N-ethyl adjacent to an activating group) is 1. The fourth-order valence-corrected chi connectivity index (χ4v) is 5.09. The number of rotatable bonds is 2. The van der Waals surface area contributed by atoms with Gasteiger partial charge in [0, 0.05) is 26.7 Å². The second-order valence-corrected chi connectivity index (χ2v) is 8.45. The Kier molecular flexibility index (Phi) is 3.61. The van der Waals surface area contributed by atoms with Crippen molar-refractivity contribution in [2.24, 2.45) is 5.73 Å². The van der Waals surface area contributed by atoms with Gasteiger partial charge in [-0.2, -0.15) is 0 Å². The molecule has 0 amide bonds. The highest BCUT2D eigenvalue weighted by Gasteiger charge is 2.42. The summed E-state index contributed by atoms with van der Waals surface area (Å²) in [4.78, 5) is 4.60. The zero-order chi connectivity index (χ0) is 15.1. The Morgan fingerprint density at radius 1 is 1.14 bits per heavy atom. The van der Waals surface area contributed by atoms with Crippen molar-refractivity contribution in [2.75, 3.05) is 48.0 Å². The molecule has 2 aliphatic heterocycles. The van der Waals surface area contributed by atoms with E-state index in [1.807, 2.05) is 12.1 Å². The molecule has 0 radical (unpaired) electrons. The molecule has 0 saturated carbocycles. The molecular weight excluding hydrogens is 286 g/mol. The second kappa shape index (κ2) is 5.18. The first-order chi connectivity index (χ1) is 9.97. The van der Waals surface area contributed by atoms with Crippen LogP contribution in [-0.4, -0.2) is 52.1 Å². The van der Waals surface area contributed by atoms with Crippen LogP contribution >= 0.6 is 0 Å². The Hall–Kier alpha value is -1.27. The lowest BCUT2D eigenvalue weighted by molar-refractivity contribution is 0.354. The smallest absolute Gasteiger partial charge is 0.150 e. The molecule has 0 atom stereocenters. The molecule has 1 aromatic carbocycles. The Morgan fingerprint density at radius 2 is 1.76 bits per heavy atom. The summed E-state index contributed by atoms with van der Waals surface area (Å²) in [6.45, 7) is 2.33. The van der Waals surface area contributed by atoms with Crippen molar-refractivity contribution in [3.8, 4) is 0 Å². The van der Waals surface area contributed by atoms with Crippen molar-refractivity contribution in [2.45, 2.75) is 18.4 Å². The molecule has 2 N–H and O–H groups in total. The largest absolute Gasteiger partial charge is 0.371 e. The number of hydrogen-bond acceptors (Lipinski definition) is 5. The molecule has 5 nitrogen and oxygen atoms in total. The zero-order valence-electron chi connectivity index (χ0n) is 12.5. The van der Waals surface area contributed by atoms with Crippen LogP contribution in [0.2, 0.25) is 0 Å². The summed E-state index contributed by atoms with van der Waals surface area (Å²) in [5.41, 5.74) is 8.26. The van der Waals surface area contributed by atoms with Crippen molar-refractivity contribution >= 4 is 21.2 Å². The van der Waals surface area contributed by atoms with Gasteiger partial charge in [0.15, 0.2) is 9.84 Å². The summed E-state index contributed by atoms with van der Waals surface area (Å²) in [5.74, 6) is 0.497. The lowest BCUT2D eigenvalue weighted by Gasteiger charge is -2.50. The maximum atomic E-state index is 11.8. The van der Waals surface area contributed by atoms with Gasteiger partial charge < -0.3 is 15.5 Å². The molecule has 6 heteroatoms. The standard InChI is InChI=1S/C15H23N3O2S/c1-17-8-9-18(14-5-3-2-4-13(14)17)15(12-16)6-10-21(19,20)11-7-15/h2-5H,6-12,16H2,1H3. The van der Waals surface area contributed by atoms with Crippen LogP contribution < -0.4 is 15.5 Å². The summed E-state index contributed by atoms with van der Waals surface area (Å²) in [5, 5.41) is 0. The van der Waals surface area contributed by atoms with Crippen LogP contribution in [0, 0.1) is 0 Å². The van der Waals surface area contributed by atoms with Gasteiger partial charge in [-0.3, -0.25) is 0 Å². The predicted octanol–water partition coefficient (Wildman–Crippen LogP) is 0.849. The van der Waals surface area contributed by atoms with Crippen LogP contribution in [0.5, 0.6) is 0 Å². The van der Waals surface area contributed by atoms with Gasteiger partial charge in [0.25, 0.3) is 0 Å². The van der Waals surface area contributed by atoms with E-state index in [4.69, 9.17) is 5.73 Å². The molecular formula is C15H23N3O2S. The molecule has 0 aliphatic carbocycles. The predicted molar refractivity (Wildman–Crippen MR) is 86.7 cm³/mol. The lowest BCUT2D eigenvalue weighted by atomic mass is 9.88. The van der Waals surface area contributed by atoms with Gasteiger partial charge >= 0.3 is 0 Å². The number of nitrogens with zero attached hydrogens (tertiary/aromatic N) is 2. The Bertz CT molecular complexity index is 616. The topological polar surface area (TPSA) is 66.6 Å². The number of anilines is 2. The fourth-order valence-electron chi connectivity index (χ4n) is 3.50.